The van der Waals surface area contributed by atoms with Crippen LogP contribution in [0.5, 0.6) is 0 Å². The van der Waals surface area contributed by atoms with Gasteiger partial charge in [-0.2, -0.15) is 0 Å². The Hall–Kier alpha value is -1.33. The van der Waals surface area contributed by atoms with Gasteiger partial charge in [-0.25, -0.2) is 4.98 Å². The highest BCUT2D eigenvalue weighted by atomic mass is 32.1. The van der Waals surface area contributed by atoms with Gasteiger partial charge < -0.3 is 11.1 Å². The fourth-order valence-electron chi connectivity index (χ4n) is 2.85. The third kappa shape index (κ3) is 2.28. The number of hydrogen-bond donors (Lipinski definition) is 2. The maximum absolute atomic E-state index is 5.81. The van der Waals surface area contributed by atoms with Crippen LogP contribution < -0.4 is 11.1 Å². The van der Waals surface area contributed by atoms with Crippen LogP contribution in [0.15, 0.2) is 18.2 Å². The van der Waals surface area contributed by atoms with Crippen molar-refractivity contribution < 1.29 is 0 Å². The molecule has 1 unspecified atom stereocenters. The van der Waals surface area contributed by atoms with Gasteiger partial charge in [0.15, 0.2) is 5.13 Å². The van der Waals surface area contributed by atoms with Crippen LogP contribution in [0.3, 0.4) is 0 Å². The first kappa shape index (κ1) is 11.5. The summed E-state index contributed by atoms with van der Waals surface area (Å²) in [6, 6.07) is 7.34. The number of hydrogen-bond acceptors (Lipinski definition) is 5. The summed E-state index contributed by atoms with van der Waals surface area (Å²) in [4.78, 5) is 7.25. The van der Waals surface area contributed by atoms with Gasteiger partial charge in [0, 0.05) is 30.9 Å². The van der Waals surface area contributed by atoms with E-state index in [4.69, 9.17) is 5.73 Å². The van der Waals surface area contributed by atoms with Crippen molar-refractivity contribution in [2.45, 2.75) is 31.3 Å². The minimum absolute atomic E-state index is 0.554. The van der Waals surface area contributed by atoms with Crippen molar-refractivity contribution in [1.29, 1.82) is 0 Å². The lowest BCUT2D eigenvalue weighted by molar-refractivity contribution is 0.326. The fourth-order valence-corrected chi connectivity index (χ4v) is 3.85. The number of rotatable bonds is 3. The average Bonchev–Trinajstić information content (AvgIpc) is 3.01. The smallest absolute Gasteiger partial charge is 0.184 e. The monoisotopic (exact) mass is 274 g/mol. The normalized spacial score (nSPS) is 24.1. The average molecular weight is 274 g/mol. The summed E-state index contributed by atoms with van der Waals surface area (Å²) in [6.07, 6.45) is 4.02. The van der Waals surface area contributed by atoms with Gasteiger partial charge >= 0.3 is 0 Å². The summed E-state index contributed by atoms with van der Waals surface area (Å²) >= 11 is 1.70. The Kier molecular flexibility index (Phi) is 2.63. The molecule has 1 atom stereocenters. The fraction of sp³-hybridized carbons (Fsp3) is 0.500. The van der Waals surface area contributed by atoms with Crippen molar-refractivity contribution in [1.82, 2.24) is 9.88 Å². The first-order valence-corrected chi connectivity index (χ1v) is 7.76. The maximum Gasteiger partial charge on any atom is 0.184 e. The Bertz CT molecular complexity index is 605. The summed E-state index contributed by atoms with van der Waals surface area (Å²) in [5, 5.41) is 4.62. The van der Waals surface area contributed by atoms with Crippen LogP contribution in [0.2, 0.25) is 0 Å². The van der Waals surface area contributed by atoms with Gasteiger partial charge in [-0.1, -0.05) is 11.3 Å². The Balaban J connectivity index is 1.48. The highest BCUT2D eigenvalue weighted by molar-refractivity contribution is 7.22. The molecule has 4 rings (SSSR count). The number of nitrogens with two attached hydrogens (primary N) is 1. The molecule has 5 heteroatoms. The molecular weight excluding hydrogens is 256 g/mol. The Labute approximate surface area is 116 Å². The molecule has 2 aliphatic rings. The molecule has 3 N–H and O–H groups in total. The summed E-state index contributed by atoms with van der Waals surface area (Å²) in [6.45, 7) is 2.41. The zero-order chi connectivity index (χ0) is 12.8. The predicted molar refractivity (Wildman–Crippen MR) is 80.7 cm³/mol. The molecule has 1 aromatic heterocycles. The standard InChI is InChI=1S/C14H18N4S/c15-9-1-4-12-13(7-9)19-14(17-12)16-10-5-6-18(8-10)11-2-3-11/h1,4,7,10-11H,2-3,5-6,8,15H2,(H,16,17). The second-order valence-corrected chi connectivity index (χ2v) is 6.63. The summed E-state index contributed by atoms with van der Waals surface area (Å²) in [7, 11) is 0. The van der Waals surface area contributed by atoms with E-state index in [0.717, 1.165) is 22.4 Å². The lowest BCUT2D eigenvalue weighted by atomic mass is 10.3. The van der Waals surface area contributed by atoms with E-state index < -0.39 is 0 Å². The Morgan fingerprint density at radius 3 is 3.05 bits per heavy atom. The molecule has 1 aliphatic heterocycles. The van der Waals surface area contributed by atoms with Crippen LogP contribution in [-0.4, -0.2) is 35.1 Å². The summed E-state index contributed by atoms with van der Waals surface area (Å²) in [5.41, 5.74) is 7.66. The minimum Gasteiger partial charge on any atom is -0.399 e. The molecule has 2 heterocycles. The van der Waals surface area contributed by atoms with E-state index in [-0.39, 0.29) is 0 Å². The molecule has 0 amide bonds. The lowest BCUT2D eigenvalue weighted by Gasteiger charge is -2.15. The maximum atomic E-state index is 5.81. The molecule has 0 spiro atoms. The first-order chi connectivity index (χ1) is 9.28. The number of nitrogens with zero attached hydrogens (tertiary/aromatic N) is 2. The molecule has 2 aromatic rings. The molecule has 2 fully saturated rings. The molecule has 1 saturated carbocycles. The topological polar surface area (TPSA) is 54.2 Å². The number of fused-ring (bicyclic) bond motifs is 1. The summed E-state index contributed by atoms with van der Waals surface area (Å²) < 4.78 is 1.17. The van der Waals surface area contributed by atoms with Crippen molar-refractivity contribution in [2.24, 2.45) is 0 Å². The predicted octanol–water partition coefficient (Wildman–Crippen LogP) is 2.53. The zero-order valence-corrected chi connectivity index (χ0v) is 11.6. The molecule has 0 bridgehead atoms. The number of thiazole rings is 1. The molecule has 0 radical (unpaired) electrons. The van der Waals surface area contributed by atoms with Crippen molar-refractivity contribution in [3.05, 3.63) is 18.2 Å². The SMILES string of the molecule is Nc1ccc2nc(NC3CCN(C4CC4)C3)sc2c1. The van der Waals surface area contributed by atoms with Gasteiger partial charge in [-0.15, -0.1) is 0 Å². The summed E-state index contributed by atoms with van der Waals surface area (Å²) in [5.74, 6) is 0. The van der Waals surface area contributed by atoms with Gasteiger partial charge in [0.25, 0.3) is 0 Å². The molecule has 1 aromatic carbocycles. The first-order valence-electron chi connectivity index (χ1n) is 6.94. The number of aromatic nitrogens is 1. The van der Waals surface area contributed by atoms with E-state index in [1.165, 1.54) is 37.1 Å². The van der Waals surface area contributed by atoms with E-state index in [1.807, 2.05) is 18.2 Å². The largest absolute Gasteiger partial charge is 0.399 e. The molecule has 4 nitrogen and oxygen atoms in total. The van der Waals surface area contributed by atoms with Crippen LogP contribution in [0.4, 0.5) is 10.8 Å². The molecule has 100 valence electrons. The lowest BCUT2D eigenvalue weighted by Crippen LogP contribution is -2.27. The highest BCUT2D eigenvalue weighted by Crippen LogP contribution is 2.32. The van der Waals surface area contributed by atoms with Crippen LogP contribution in [0.25, 0.3) is 10.2 Å². The van der Waals surface area contributed by atoms with E-state index >= 15 is 0 Å². The zero-order valence-electron chi connectivity index (χ0n) is 10.8. The van der Waals surface area contributed by atoms with E-state index in [9.17, 15) is 0 Å². The number of benzene rings is 1. The van der Waals surface area contributed by atoms with Crippen LogP contribution in [-0.2, 0) is 0 Å². The van der Waals surface area contributed by atoms with Crippen LogP contribution >= 0.6 is 11.3 Å². The second-order valence-electron chi connectivity index (χ2n) is 5.60. The molecular formula is C14H18N4S. The van der Waals surface area contributed by atoms with Crippen molar-refractivity contribution in [2.75, 3.05) is 24.1 Å². The quantitative estimate of drug-likeness (QED) is 0.845. The van der Waals surface area contributed by atoms with E-state index in [2.05, 4.69) is 15.2 Å². The molecule has 1 saturated heterocycles. The van der Waals surface area contributed by atoms with Crippen molar-refractivity contribution in [3.8, 4) is 0 Å². The van der Waals surface area contributed by atoms with Gasteiger partial charge in [0.05, 0.1) is 10.2 Å². The van der Waals surface area contributed by atoms with Crippen molar-refractivity contribution in [3.63, 3.8) is 0 Å². The molecule has 19 heavy (non-hydrogen) atoms. The Morgan fingerprint density at radius 2 is 2.21 bits per heavy atom. The second kappa shape index (κ2) is 4.35. The third-order valence-corrected chi connectivity index (χ3v) is 4.97. The van der Waals surface area contributed by atoms with Crippen molar-refractivity contribution >= 4 is 32.4 Å². The number of likely N-dealkylation sites (tertiary alicyclic amines) is 1. The van der Waals surface area contributed by atoms with Gasteiger partial charge in [-0.05, 0) is 37.5 Å². The van der Waals surface area contributed by atoms with Gasteiger partial charge in [0.1, 0.15) is 0 Å². The van der Waals surface area contributed by atoms with Crippen LogP contribution in [0.1, 0.15) is 19.3 Å². The van der Waals surface area contributed by atoms with Gasteiger partial charge in [-0.3, -0.25) is 4.90 Å². The van der Waals surface area contributed by atoms with E-state index in [0.29, 0.717) is 6.04 Å². The highest BCUT2D eigenvalue weighted by Gasteiger charge is 2.34. The molecule has 1 aliphatic carbocycles. The number of nitrogen functional groups attached to an aromatic ring is 1. The minimum atomic E-state index is 0.554. The number of nitrogens with one attached hydrogen (secondary N) is 1. The third-order valence-electron chi connectivity index (χ3n) is 4.02. The Morgan fingerprint density at radius 1 is 1.32 bits per heavy atom. The number of anilines is 2. The van der Waals surface area contributed by atoms with E-state index in [1.54, 1.807) is 11.3 Å². The van der Waals surface area contributed by atoms with Gasteiger partial charge in [0.2, 0.25) is 0 Å². The van der Waals surface area contributed by atoms with Crippen LogP contribution in [0, 0.1) is 0 Å².